The van der Waals surface area contributed by atoms with E-state index in [1.165, 1.54) is 28.8 Å². The SMILES string of the molecule is Cc1cc(C)nc(Sc2ccc(NC(=O)COc3ccc(C4SCCS4)cc3)cc2)n1. The number of aromatic nitrogens is 2. The van der Waals surface area contributed by atoms with Gasteiger partial charge in [-0.15, -0.1) is 23.5 Å². The van der Waals surface area contributed by atoms with Gasteiger partial charge in [0.25, 0.3) is 5.91 Å². The molecule has 3 aromatic rings. The topological polar surface area (TPSA) is 64.1 Å². The summed E-state index contributed by atoms with van der Waals surface area (Å²) in [7, 11) is 0. The highest BCUT2D eigenvalue weighted by Crippen LogP contribution is 2.45. The number of amides is 1. The van der Waals surface area contributed by atoms with Gasteiger partial charge in [0.05, 0.1) is 4.58 Å². The van der Waals surface area contributed by atoms with Crippen LogP contribution in [0, 0.1) is 13.8 Å². The molecule has 1 aromatic heterocycles. The van der Waals surface area contributed by atoms with Gasteiger partial charge in [-0.3, -0.25) is 4.79 Å². The largest absolute Gasteiger partial charge is 0.484 e. The van der Waals surface area contributed by atoms with E-state index in [2.05, 4.69) is 27.4 Å². The molecule has 8 heteroatoms. The Morgan fingerprint density at radius 2 is 1.68 bits per heavy atom. The van der Waals surface area contributed by atoms with Crippen LogP contribution >= 0.6 is 35.3 Å². The Morgan fingerprint density at radius 3 is 2.32 bits per heavy atom. The lowest BCUT2D eigenvalue weighted by molar-refractivity contribution is -0.118. The van der Waals surface area contributed by atoms with Crippen LogP contribution in [-0.2, 0) is 4.79 Å². The van der Waals surface area contributed by atoms with Crippen molar-refractivity contribution in [2.45, 2.75) is 28.5 Å². The Kier molecular flexibility index (Phi) is 7.42. The summed E-state index contributed by atoms with van der Waals surface area (Å²) in [4.78, 5) is 22.1. The Balaban J connectivity index is 1.26. The van der Waals surface area contributed by atoms with E-state index in [1.54, 1.807) is 0 Å². The third-order valence-corrected chi connectivity index (χ3v) is 8.43. The van der Waals surface area contributed by atoms with Gasteiger partial charge in [0.1, 0.15) is 5.75 Å². The van der Waals surface area contributed by atoms with Gasteiger partial charge in [-0.25, -0.2) is 9.97 Å². The molecule has 1 amide bonds. The summed E-state index contributed by atoms with van der Waals surface area (Å²) in [6.07, 6.45) is 0. The minimum absolute atomic E-state index is 0.0286. The molecule has 0 spiro atoms. The Hall–Kier alpha value is -2.16. The summed E-state index contributed by atoms with van der Waals surface area (Å²) in [6.45, 7) is 3.89. The number of aryl methyl sites for hydroxylation is 2. The van der Waals surface area contributed by atoms with E-state index in [1.807, 2.05) is 79.8 Å². The third-order valence-electron chi connectivity index (χ3n) is 4.45. The van der Waals surface area contributed by atoms with Gasteiger partial charge in [0.15, 0.2) is 11.8 Å². The molecular formula is C23H23N3O2S3. The Labute approximate surface area is 195 Å². The molecule has 4 rings (SSSR count). The molecule has 0 unspecified atom stereocenters. The fraction of sp³-hybridized carbons (Fsp3) is 0.261. The highest BCUT2D eigenvalue weighted by molar-refractivity contribution is 8.19. The van der Waals surface area contributed by atoms with Crippen molar-refractivity contribution in [1.29, 1.82) is 0 Å². The minimum Gasteiger partial charge on any atom is -0.484 e. The summed E-state index contributed by atoms with van der Waals surface area (Å²) in [5.41, 5.74) is 3.92. The molecule has 0 saturated carbocycles. The maximum Gasteiger partial charge on any atom is 0.262 e. The smallest absolute Gasteiger partial charge is 0.262 e. The minimum atomic E-state index is -0.191. The Bertz CT molecular complexity index is 1020. The number of ether oxygens (including phenoxy) is 1. The number of anilines is 1. The highest BCUT2D eigenvalue weighted by Gasteiger charge is 2.18. The molecule has 2 heterocycles. The van der Waals surface area contributed by atoms with Crippen molar-refractivity contribution in [2.24, 2.45) is 0 Å². The van der Waals surface area contributed by atoms with Crippen LogP contribution in [-0.4, -0.2) is 34.0 Å². The summed E-state index contributed by atoms with van der Waals surface area (Å²) < 4.78 is 6.15. The number of carbonyl (C=O) groups excluding carboxylic acids is 1. The molecular weight excluding hydrogens is 446 g/mol. The van der Waals surface area contributed by atoms with Gasteiger partial charge in [0, 0.05) is 33.5 Å². The zero-order valence-electron chi connectivity index (χ0n) is 17.3. The van der Waals surface area contributed by atoms with Gasteiger partial charge in [-0.05, 0) is 73.6 Å². The predicted molar refractivity (Wildman–Crippen MR) is 130 cm³/mol. The van der Waals surface area contributed by atoms with Crippen molar-refractivity contribution in [3.8, 4) is 5.75 Å². The lowest BCUT2D eigenvalue weighted by atomic mass is 10.2. The number of benzene rings is 2. The van der Waals surface area contributed by atoms with E-state index >= 15 is 0 Å². The first-order chi connectivity index (χ1) is 15.0. The first-order valence-electron chi connectivity index (χ1n) is 9.91. The first-order valence-corrected chi connectivity index (χ1v) is 12.8. The normalized spacial score (nSPS) is 13.9. The molecule has 1 aliphatic rings. The number of nitrogens with zero attached hydrogens (tertiary/aromatic N) is 2. The van der Waals surface area contributed by atoms with E-state index in [0.717, 1.165) is 27.1 Å². The number of nitrogens with one attached hydrogen (secondary N) is 1. The molecule has 2 aromatic carbocycles. The van der Waals surface area contributed by atoms with Gasteiger partial charge in [0.2, 0.25) is 0 Å². The Morgan fingerprint density at radius 1 is 1.03 bits per heavy atom. The lowest BCUT2D eigenvalue weighted by Gasteiger charge is -2.11. The molecule has 0 bridgehead atoms. The van der Waals surface area contributed by atoms with Crippen molar-refractivity contribution in [3.05, 3.63) is 71.5 Å². The van der Waals surface area contributed by atoms with Crippen LogP contribution in [0.3, 0.4) is 0 Å². The zero-order valence-corrected chi connectivity index (χ0v) is 19.8. The molecule has 160 valence electrons. The summed E-state index contributed by atoms with van der Waals surface area (Å²) in [5, 5.41) is 3.59. The van der Waals surface area contributed by atoms with E-state index < -0.39 is 0 Å². The van der Waals surface area contributed by atoms with E-state index in [9.17, 15) is 4.79 Å². The summed E-state index contributed by atoms with van der Waals surface area (Å²) in [5.74, 6) is 2.91. The van der Waals surface area contributed by atoms with Crippen molar-refractivity contribution < 1.29 is 9.53 Å². The number of rotatable bonds is 7. The van der Waals surface area contributed by atoms with E-state index in [0.29, 0.717) is 10.3 Å². The average Bonchev–Trinajstić information content (AvgIpc) is 3.28. The van der Waals surface area contributed by atoms with Crippen molar-refractivity contribution in [3.63, 3.8) is 0 Å². The highest BCUT2D eigenvalue weighted by atomic mass is 32.2. The molecule has 1 saturated heterocycles. The number of carbonyl (C=O) groups is 1. The van der Waals surface area contributed by atoms with E-state index in [4.69, 9.17) is 4.74 Å². The van der Waals surface area contributed by atoms with Gasteiger partial charge >= 0.3 is 0 Å². The van der Waals surface area contributed by atoms with Gasteiger partial charge in [-0.1, -0.05) is 12.1 Å². The fourth-order valence-electron chi connectivity index (χ4n) is 3.07. The van der Waals surface area contributed by atoms with Crippen LogP contribution in [0.15, 0.2) is 64.6 Å². The quantitative estimate of drug-likeness (QED) is 0.443. The number of hydrogen-bond donors (Lipinski definition) is 1. The first kappa shape index (κ1) is 22.0. The van der Waals surface area contributed by atoms with Crippen LogP contribution in [0.25, 0.3) is 0 Å². The lowest BCUT2D eigenvalue weighted by Crippen LogP contribution is -2.20. The van der Waals surface area contributed by atoms with Crippen LogP contribution in [0.5, 0.6) is 5.75 Å². The van der Waals surface area contributed by atoms with Crippen molar-refractivity contribution >= 4 is 46.9 Å². The van der Waals surface area contributed by atoms with E-state index in [-0.39, 0.29) is 12.5 Å². The van der Waals surface area contributed by atoms with Gasteiger partial charge in [-0.2, -0.15) is 0 Å². The number of hydrogen-bond acceptors (Lipinski definition) is 7. The van der Waals surface area contributed by atoms with Crippen LogP contribution in [0.2, 0.25) is 0 Å². The van der Waals surface area contributed by atoms with Crippen LogP contribution < -0.4 is 10.1 Å². The second kappa shape index (κ2) is 10.4. The molecule has 0 radical (unpaired) electrons. The second-order valence-electron chi connectivity index (χ2n) is 7.04. The predicted octanol–water partition coefficient (Wildman–Crippen LogP) is 5.74. The van der Waals surface area contributed by atoms with Crippen molar-refractivity contribution in [1.82, 2.24) is 9.97 Å². The standard InChI is InChI=1S/C23H23N3O2S3/c1-15-13-16(2)25-23(24-15)31-20-9-5-18(6-10-20)26-21(27)14-28-19-7-3-17(4-8-19)22-29-11-12-30-22/h3-10,13,22H,11-12,14H2,1-2H3,(H,26,27). The molecule has 0 aliphatic carbocycles. The molecule has 31 heavy (non-hydrogen) atoms. The summed E-state index contributed by atoms with van der Waals surface area (Å²) in [6, 6.07) is 17.6. The molecule has 1 fully saturated rings. The molecule has 0 atom stereocenters. The molecule has 5 nitrogen and oxygen atoms in total. The monoisotopic (exact) mass is 469 g/mol. The van der Waals surface area contributed by atoms with Gasteiger partial charge < -0.3 is 10.1 Å². The molecule has 1 aliphatic heterocycles. The molecule has 1 N–H and O–H groups in total. The average molecular weight is 470 g/mol. The maximum absolute atomic E-state index is 12.2. The number of thioether (sulfide) groups is 2. The van der Waals surface area contributed by atoms with Crippen molar-refractivity contribution in [2.75, 3.05) is 23.4 Å². The maximum atomic E-state index is 12.2. The summed E-state index contributed by atoms with van der Waals surface area (Å²) >= 11 is 5.44. The fourth-order valence-corrected chi connectivity index (χ4v) is 6.79. The van der Waals surface area contributed by atoms with Crippen LogP contribution in [0.4, 0.5) is 5.69 Å². The second-order valence-corrected chi connectivity index (χ2v) is 10.8. The zero-order chi connectivity index (χ0) is 21.6. The third kappa shape index (κ3) is 6.41. The van der Waals surface area contributed by atoms with Crippen LogP contribution in [0.1, 0.15) is 21.5 Å².